The van der Waals surface area contributed by atoms with E-state index in [1.807, 2.05) is 38.1 Å². The van der Waals surface area contributed by atoms with Gasteiger partial charge in [-0.05, 0) is 50.6 Å². The minimum Gasteiger partial charge on any atom is -0.374 e. The number of ether oxygens (including phenoxy) is 1. The molecule has 4 nitrogen and oxygen atoms in total. The number of benzene rings is 2. The summed E-state index contributed by atoms with van der Waals surface area (Å²) < 4.78 is 32.3. The standard InChI is InChI=1S/C19H22F2N2O2/c1-12(2)25-11-14-5-4-6-16(9-14)22-13(3)19(24)23-18-10-15(20)7-8-17(18)21/h4-10,12-13,22H,11H2,1-3H3,(H,23,24)/t13-/m1/s1. The van der Waals surface area contributed by atoms with E-state index in [0.717, 1.165) is 29.4 Å². The lowest BCUT2D eigenvalue weighted by molar-refractivity contribution is -0.116. The van der Waals surface area contributed by atoms with Crippen LogP contribution in [0.25, 0.3) is 0 Å². The summed E-state index contributed by atoms with van der Waals surface area (Å²) in [6.07, 6.45) is 0.127. The summed E-state index contributed by atoms with van der Waals surface area (Å²) in [5, 5.41) is 5.42. The predicted octanol–water partition coefficient (Wildman–Crippen LogP) is 4.33. The first-order valence-corrected chi connectivity index (χ1v) is 8.08. The van der Waals surface area contributed by atoms with Gasteiger partial charge in [0.25, 0.3) is 0 Å². The second-order valence-corrected chi connectivity index (χ2v) is 6.04. The summed E-state index contributed by atoms with van der Waals surface area (Å²) in [5.41, 5.74) is 1.53. The van der Waals surface area contributed by atoms with E-state index in [1.54, 1.807) is 6.92 Å². The average molecular weight is 348 g/mol. The van der Waals surface area contributed by atoms with Crippen molar-refractivity contribution in [2.45, 2.75) is 39.5 Å². The normalized spacial score (nSPS) is 12.1. The number of carbonyl (C=O) groups is 1. The fraction of sp³-hybridized carbons (Fsp3) is 0.316. The van der Waals surface area contributed by atoms with E-state index in [-0.39, 0.29) is 11.8 Å². The van der Waals surface area contributed by atoms with Crippen molar-refractivity contribution in [1.82, 2.24) is 0 Å². The van der Waals surface area contributed by atoms with Gasteiger partial charge in [0.1, 0.15) is 17.7 Å². The lowest BCUT2D eigenvalue weighted by atomic mass is 10.2. The summed E-state index contributed by atoms with van der Waals surface area (Å²) in [7, 11) is 0. The van der Waals surface area contributed by atoms with Crippen LogP contribution in [0.15, 0.2) is 42.5 Å². The number of carbonyl (C=O) groups excluding carboxylic acids is 1. The molecule has 0 aliphatic rings. The summed E-state index contributed by atoms with van der Waals surface area (Å²) in [5.74, 6) is -1.77. The van der Waals surface area contributed by atoms with Crippen LogP contribution in [0.3, 0.4) is 0 Å². The highest BCUT2D eigenvalue weighted by Crippen LogP contribution is 2.17. The molecule has 2 rings (SSSR count). The molecule has 0 radical (unpaired) electrons. The third kappa shape index (κ3) is 5.83. The van der Waals surface area contributed by atoms with Crippen molar-refractivity contribution in [3.8, 4) is 0 Å². The number of anilines is 2. The fourth-order valence-corrected chi connectivity index (χ4v) is 2.16. The van der Waals surface area contributed by atoms with Crippen molar-refractivity contribution >= 4 is 17.3 Å². The monoisotopic (exact) mass is 348 g/mol. The van der Waals surface area contributed by atoms with Crippen LogP contribution in [0.2, 0.25) is 0 Å². The molecule has 2 N–H and O–H groups in total. The number of halogens is 2. The lowest BCUT2D eigenvalue weighted by Crippen LogP contribution is -2.32. The fourth-order valence-electron chi connectivity index (χ4n) is 2.16. The van der Waals surface area contributed by atoms with Gasteiger partial charge in [-0.2, -0.15) is 0 Å². The Balaban J connectivity index is 1.98. The molecule has 0 aliphatic carbocycles. The molecular formula is C19H22F2N2O2. The number of rotatable bonds is 7. The molecule has 0 aromatic heterocycles. The molecule has 1 atom stereocenters. The van der Waals surface area contributed by atoms with Crippen LogP contribution in [0.1, 0.15) is 26.3 Å². The second-order valence-electron chi connectivity index (χ2n) is 6.04. The van der Waals surface area contributed by atoms with Gasteiger partial charge in [0.05, 0.1) is 18.4 Å². The first-order chi connectivity index (χ1) is 11.8. The number of amides is 1. The van der Waals surface area contributed by atoms with Gasteiger partial charge in [-0.3, -0.25) is 4.79 Å². The number of hydrogen-bond donors (Lipinski definition) is 2. The molecule has 0 fully saturated rings. The molecule has 0 saturated heterocycles. The van der Waals surface area contributed by atoms with E-state index in [0.29, 0.717) is 6.61 Å². The molecular weight excluding hydrogens is 326 g/mol. The van der Waals surface area contributed by atoms with Crippen LogP contribution in [0.4, 0.5) is 20.2 Å². The van der Waals surface area contributed by atoms with Gasteiger partial charge in [-0.1, -0.05) is 12.1 Å². The summed E-state index contributed by atoms with van der Waals surface area (Å²) >= 11 is 0. The van der Waals surface area contributed by atoms with E-state index >= 15 is 0 Å². The summed E-state index contributed by atoms with van der Waals surface area (Å²) in [6.45, 7) is 6.03. The number of hydrogen-bond acceptors (Lipinski definition) is 3. The van der Waals surface area contributed by atoms with Crippen molar-refractivity contribution in [3.63, 3.8) is 0 Å². The topological polar surface area (TPSA) is 50.4 Å². The first-order valence-electron chi connectivity index (χ1n) is 8.08. The highest BCUT2D eigenvalue weighted by molar-refractivity contribution is 5.96. The second kappa shape index (κ2) is 8.58. The molecule has 0 bridgehead atoms. The Bertz CT molecular complexity index is 735. The maximum absolute atomic E-state index is 13.6. The first kappa shape index (κ1) is 18.9. The largest absolute Gasteiger partial charge is 0.374 e. The third-order valence-corrected chi connectivity index (χ3v) is 3.47. The van der Waals surface area contributed by atoms with Crippen molar-refractivity contribution in [3.05, 3.63) is 59.7 Å². The highest BCUT2D eigenvalue weighted by Gasteiger charge is 2.15. The minimum atomic E-state index is -0.685. The maximum Gasteiger partial charge on any atom is 0.246 e. The predicted molar refractivity (Wildman–Crippen MR) is 94.4 cm³/mol. The van der Waals surface area contributed by atoms with E-state index in [4.69, 9.17) is 4.74 Å². The van der Waals surface area contributed by atoms with Crippen molar-refractivity contribution < 1.29 is 18.3 Å². The van der Waals surface area contributed by atoms with E-state index < -0.39 is 23.6 Å². The van der Waals surface area contributed by atoms with Gasteiger partial charge in [0.15, 0.2) is 0 Å². The molecule has 0 unspecified atom stereocenters. The molecule has 0 spiro atoms. The Labute approximate surface area is 146 Å². The SMILES string of the molecule is CC(C)OCc1cccc(N[C@H](C)C(=O)Nc2cc(F)ccc2F)c1. The Hall–Kier alpha value is -2.47. The minimum absolute atomic E-state index is 0.127. The Morgan fingerprint density at radius 3 is 2.60 bits per heavy atom. The van der Waals surface area contributed by atoms with Gasteiger partial charge in [-0.25, -0.2) is 8.78 Å². The van der Waals surface area contributed by atoms with Crippen LogP contribution >= 0.6 is 0 Å². The van der Waals surface area contributed by atoms with Crippen LogP contribution in [0, 0.1) is 11.6 Å². The average Bonchev–Trinajstić information content (AvgIpc) is 2.56. The zero-order valence-electron chi connectivity index (χ0n) is 14.5. The van der Waals surface area contributed by atoms with Crippen LogP contribution < -0.4 is 10.6 Å². The van der Waals surface area contributed by atoms with Gasteiger partial charge < -0.3 is 15.4 Å². The molecule has 2 aromatic carbocycles. The van der Waals surface area contributed by atoms with Crippen molar-refractivity contribution in [1.29, 1.82) is 0 Å². The van der Waals surface area contributed by atoms with E-state index in [1.165, 1.54) is 0 Å². The van der Waals surface area contributed by atoms with Crippen LogP contribution in [-0.2, 0) is 16.1 Å². The molecule has 2 aromatic rings. The van der Waals surface area contributed by atoms with Gasteiger partial charge >= 0.3 is 0 Å². The number of nitrogens with one attached hydrogen (secondary N) is 2. The molecule has 6 heteroatoms. The summed E-state index contributed by atoms with van der Waals surface area (Å²) in [6, 6.07) is 9.78. The van der Waals surface area contributed by atoms with Crippen molar-refractivity contribution in [2.75, 3.05) is 10.6 Å². The zero-order valence-corrected chi connectivity index (χ0v) is 14.5. The van der Waals surface area contributed by atoms with E-state index in [9.17, 15) is 13.6 Å². The Morgan fingerprint density at radius 2 is 1.88 bits per heavy atom. The Kier molecular flexibility index (Phi) is 6.47. The molecule has 0 aliphatic heterocycles. The quantitative estimate of drug-likeness (QED) is 0.783. The zero-order chi connectivity index (χ0) is 18.4. The van der Waals surface area contributed by atoms with Gasteiger partial charge in [0, 0.05) is 11.8 Å². The molecule has 0 saturated carbocycles. The van der Waals surface area contributed by atoms with Crippen LogP contribution in [0.5, 0.6) is 0 Å². The van der Waals surface area contributed by atoms with Crippen LogP contribution in [-0.4, -0.2) is 18.1 Å². The maximum atomic E-state index is 13.6. The van der Waals surface area contributed by atoms with Crippen molar-refractivity contribution in [2.24, 2.45) is 0 Å². The van der Waals surface area contributed by atoms with Gasteiger partial charge in [-0.15, -0.1) is 0 Å². The lowest BCUT2D eigenvalue weighted by Gasteiger charge is -2.16. The van der Waals surface area contributed by atoms with Gasteiger partial charge in [0.2, 0.25) is 5.91 Å². The van der Waals surface area contributed by atoms with E-state index in [2.05, 4.69) is 10.6 Å². The molecule has 1 amide bonds. The third-order valence-electron chi connectivity index (χ3n) is 3.47. The molecule has 134 valence electrons. The summed E-state index contributed by atoms with van der Waals surface area (Å²) in [4.78, 5) is 12.2. The smallest absolute Gasteiger partial charge is 0.246 e. The molecule has 25 heavy (non-hydrogen) atoms. The molecule has 0 heterocycles. The highest BCUT2D eigenvalue weighted by atomic mass is 19.1. The Morgan fingerprint density at radius 1 is 1.12 bits per heavy atom.